The van der Waals surface area contributed by atoms with Gasteiger partial charge in [-0.1, -0.05) is 48.5 Å². The summed E-state index contributed by atoms with van der Waals surface area (Å²) in [5.74, 6) is -0.616. The number of esters is 1. The number of carbonyl (C=O) groups excluding carboxylic acids is 1. The van der Waals surface area contributed by atoms with Crippen molar-refractivity contribution in [3.63, 3.8) is 0 Å². The third kappa shape index (κ3) is 1.92. The van der Waals surface area contributed by atoms with Crippen LogP contribution in [0.3, 0.4) is 0 Å². The number of carbonyl (C=O) groups is 1. The molecule has 1 atom stereocenters. The van der Waals surface area contributed by atoms with Gasteiger partial charge < -0.3 is 9.15 Å². The molecule has 0 amide bonds. The molecule has 0 spiro atoms. The molecule has 2 heterocycles. The summed E-state index contributed by atoms with van der Waals surface area (Å²) >= 11 is 0. The summed E-state index contributed by atoms with van der Waals surface area (Å²) in [6, 6.07) is 16.8. The fourth-order valence-corrected chi connectivity index (χ4v) is 2.90. The first-order chi connectivity index (χ1) is 10.7. The van der Waals surface area contributed by atoms with E-state index in [4.69, 9.17) is 9.15 Å². The smallest absolute Gasteiger partial charge is 0.351 e. The van der Waals surface area contributed by atoms with Crippen LogP contribution in [-0.2, 0) is 11.2 Å². The second-order valence-electron chi connectivity index (χ2n) is 5.25. The molecule has 22 heavy (non-hydrogen) atoms. The zero-order valence-electron chi connectivity index (χ0n) is 11.6. The molecule has 1 aromatic heterocycles. The molecule has 2 aromatic carbocycles. The van der Waals surface area contributed by atoms with Gasteiger partial charge in [0.05, 0.1) is 0 Å². The van der Waals surface area contributed by atoms with E-state index in [2.05, 4.69) is 0 Å². The Kier molecular flexibility index (Phi) is 2.82. The van der Waals surface area contributed by atoms with Crippen molar-refractivity contribution in [2.75, 3.05) is 0 Å². The van der Waals surface area contributed by atoms with Crippen molar-refractivity contribution < 1.29 is 13.9 Å². The zero-order valence-corrected chi connectivity index (χ0v) is 11.6. The number of cyclic esters (lactones) is 1. The first-order valence-electron chi connectivity index (χ1n) is 7.04. The molecule has 0 aliphatic carbocycles. The zero-order chi connectivity index (χ0) is 15.1. The first-order valence-corrected chi connectivity index (χ1v) is 7.04. The van der Waals surface area contributed by atoms with Crippen LogP contribution in [0.4, 0.5) is 0 Å². The predicted octanol–water partition coefficient (Wildman–Crippen LogP) is 3.25. The predicted molar refractivity (Wildman–Crippen MR) is 80.8 cm³/mol. The molecular weight excluding hydrogens is 280 g/mol. The number of para-hydroxylation sites is 1. The van der Waals surface area contributed by atoms with Crippen LogP contribution in [0.2, 0.25) is 0 Å². The first kappa shape index (κ1) is 12.8. The number of benzene rings is 2. The molecule has 1 unspecified atom stereocenters. The molecule has 0 saturated carbocycles. The Morgan fingerprint density at radius 3 is 2.45 bits per heavy atom. The van der Waals surface area contributed by atoms with Crippen LogP contribution in [0.1, 0.15) is 27.6 Å². The molecule has 108 valence electrons. The van der Waals surface area contributed by atoms with Gasteiger partial charge in [0.15, 0.2) is 0 Å². The fraction of sp³-hybridized carbons (Fsp3) is 0.111. The maximum atomic E-state index is 12.3. The number of ether oxygens (including phenoxy) is 1. The lowest BCUT2D eigenvalue weighted by Crippen LogP contribution is -2.28. The van der Waals surface area contributed by atoms with Crippen LogP contribution in [-0.4, -0.2) is 5.97 Å². The van der Waals surface area contributed by atoms with Crippen molar-refractivity contribution in [3.8, 4) is 0 Å². The topological polar surface area (TPSA) is 56.5 Å². The van der Waals surface area contributed by atoms with Gasteiger partial charge in [0.1, 0.15) is 17.3 Å². The average Bonchev–Trinajstić information content (AvgIpc) is 2.55. The van der Waals surface area contributed by atoms with Gasteiger partial charge in [0.25, 0.3) is 0 Å². The Balaban J connectivity index is 1.93. The molecule has 0 fully saturated rings. The summed E-state index contributed by atoms with van der Waals surface area (Å²) in [5.41, 5.74) is 1.50. The molecule has 4 rings (SSSR count). The second kappa shape index (κ2) is 4.84. The molecular formula is C18H12O4. The summed E-state index contributed by atoms with van der Waals surface area (Å²) in [6.45, 7) is 0. The number of fused-ring (bicyclic) bond motifs is 3. The van der Waals surface area contributed by atoms with Crippen LogP contribution in [0, 0.1) is 0 Å². The highest BCUT2D eigenvalue weighted by atomic mass is 16.5. The molecule has 0 bridgehead atoms. The van der Waals surface area contributed by atoms with E-state index in [9.17, 15) is 9.59 Å². The third-order valence-electron chi connectivity index (χ3n) is 3.94. The summed E-state index contributed by atoms with van der Waals surface area (Å²) in [5, 5.41) is 0.787. The van der Waals surface area contributed by atoms with E-state index in [1.54, 1.807) is 12.1 Å². The fourth-order valence-electron chi connectivity index (χ4n) is 2.90. The molecule has 4 heteroatoms. The number of hydrogen-bond donors (Lipinski definition) is 0. The van der Waals surface area contributed by atoms with Crippen molar-refractivity contribution in [1.82, 2.24) is 0 Å². The van der Waals surface area contributed by atoms with E-state index >= 15 is 0 Å². The SMILES string of the molecule is O=C1OC(c2ccccc2)Cc2c1c(=O)oc1ccccc21. The van der Waals surface area contributed by atoms with Gasteiger partial charge >= 0.3 is 11.6 Å². The van der Waals surface area contributed by atoms with Gasteiger partial charge in [0, 0.05) is 11.8 Å². The normalized spacial score (nSPS) is 17.1. The summed E-state index contributed by atoms with van der Waals surface area (Å²) < 4.78 is 10.6. The van der Waals surface area contributed by atoms with E-state index in [0.29, 0.717) is 17.6 Å². The summed E-state index contributed by atoms with van der Waals surface area (Å²) in [7, 11) is 0. The number of rotatable bonds is 1. The van der Waals surface area contributed by atoms with E-state index in [0.717, 1.165) is 10.9 Å². The van der Waals surface area contributed by atoms with Gasteiger partial charge in [0.2, 0.25) is 0 Å². The van der Waals surface area contributed by atoms with Gasteiger partial charge in [-0.15, -0.1) is 0 Å². The highest BCUT2D eigenvalue weighted by molar-refractivity contribution is 5.97. The minimum atomic E-state index is -0.634. The molecule has 0 radical (unpaired) electrons. The van der Waals surface area contributed by atoms with E-state index in [1.165, 1.54) is 0 Å². The van der Waals surface area contributed by atoms with E-state index < -0.39 is 11.6 Å². The average molecular weight is 292 g/mol. The van der Waals surface area contributed by atoms with Crippen LogP contribution in [0.15, 0.2) is 63.8 Å². The molecule has 4 nitrogen and oxygen atoms in total. The molecule has 0 saturated heterocycles. The second-order valence-corrected chi connectivity index (χ2v) is 5.25. The van der Waals surface area contributed by atoms with Crippen LogP contribution >= 0.6 is 0 Å². The third-order valence-corrected chi connectivity index (χ3v) is 3.94. The van der Waals surface area contributed by atoms with Crippen molar-refractivity contribution >= 4 is 16.9 Å². The Morgan fingerprint density at radius 2 is 1.64 bits per heavy atom. The summed E-state index contributed by atoms with van der Waals surface area (Å²) in [6.07, 6.45) is 0.0865. The van der Waals surface area contributed by atoms with Crippen molar-refractivity contribution in [1.29, 1.82) is 0 Å². The lowest BCUT2D eigenvalue weighted by atomic mass is 9.93. The lowest BCUT2D eigenvalue weighted by Gasteiger charge is -2.25. The Hall–Kier alpha value is -2.88. The van der Waals surface area contributed by atoms with Crippen LogP contribution < -0.4 is 5.63 Å². The van der Waals surface area contributed by atoms with Crippen LogP contribution in [0.25, 0.3) is 11.0 Å². The monoisotopic (exact) mass is 292 g/mol. The summed E-state index contributed by atoms with van der Waals surface area (Å²) in [4.78, 5) is 24.3. The van der Waals surface area contributed by atoms with E-state index in [1.807, 2.05) is 42.5 Å². The molecule has 1 aliphatic heterocycles. The molecule has 0 N–H and O–H groups in total. The highest BCUT2D eigenvalue weighted by Gasteiger charge is 2.32. The Morgan fingerprint density at radius 1 is 0.909 bits per heavy atom. The minimum absolute atomic E-state index is 0.0193. The Labute approximate surface area is 126 Å². The minimum Gasteiger partial charge on any atom is -0.453 e. The number of hydrogen-bond acceptors (Lipinski definition) is 4. The molecule has 1 aliphatic rings. The van der Waals surface area contributed by atoms with Gasteiger partial charge in [-0.3, -0.25) is 0 Å². The Bertz CT molecular complexity index is 925. The van der Waals surface area contributed by atoms with Crippen molar-refractivity contribution in [2.45, 2.75) is 12.5 Å². The standard InChI is InChI=1S/C18H12O4/c19-17-16-13(12-8-4-5-9-14(12)21-17)10-15(22-18(16)20)11-6-2-1-3-7-11/h1-9,15H,10H2. The van der Waals surface area contributed by atoms with Gasteiger partial charge in [-0.25, -0.2) is 9.59 Å². The maximum absolute atomic E-state index is 12.3. The largest absolute Gasteiger partial charge is 0.453 e. The van der Waals surface area contributed by atoms with E-state index in [-0.39, 0.29) is 11.7 Å². The van der Waals surface area contributed by atoms with Crippen molar-refractivity contribution in [2.24, 2.45) is 0 Å². The highest BCUT2D eigenvalue weighted by Crippen LogP contribution is 2.32. The van der Waals surface area contributed by atoms with Gasteiger partial charge in [-0.05, 0) is 17.2 Å². The van der Waals surface area contributed by atoms with Gasteiger partial charge in [-0.2, -0.15) is 0 Å². The lowest BCUT2D eigenvalue weighted by molar-refractivity contribution is 0.0247. The maximum Gasteiger partial charge on any atom is 0.351 e. The molecule has 3 aromatic rings. The quantitative estimate of drug-likeness (QED) is 0.510. The van der Waals surface area contributed by atoms with Crippen LogP contribution in [0.5, 0.6) is 0 Å². The van der Waals surface area contributed by atoms with Crippen molar-refractivity contribution in [3.05, 3.63) is 81.7 Å².